The van der Waals surface area contributed by atoms with Gasteiger partial charge in [0.1, 0.15) is 0 Å². The van der Waals surface area contributed by atoms with Gasteiger partial charge in [-0.25, -0.2) is 9.59 Å². The average molecular weight is 402 g/mol. The number of hydrogen-bond acceptors (Lipinski definition) is 6. The molecule has 0 radical (unpaired) electrons. The van der Waals surface area contributed by atoms with E-state index in [4.69, 9.17) is 4.52 Å². The average Bonchev–Trinajstić information content (AvgIpc) is 2.82. The molecule has 29 heavy (non-hydrogen) atoms. The van der Waals surface area contributed by atoms with Gasteiger partial charge in [0.15, 0.2) is 0 Å². The van der Waals surface area contributed by atoms with Crippen LogP contribution in [0.5, 0.6) is 0 Å². The van der Waals surface area contributed by atoms with Crippen molar-refractivity contribution in [3.8, 4) is 0 Å². The first-order chi connectivity index (χ1) is 13.5. The van der Waals surface area contributed by atoms with Crippen LogP contribution in [0, 0.1) is 6.92 Å². The number of aliphatic hydroxyl groups is 1. The number of nitrogens with one attached hydrogen (secondary N) is 1. The van der Waals surface area contributed by atoms with Crippen LogP contribution in [0.3, 0.4) is 0 Å². The Morgan fingerprint density at radius 3 is 2.10 bits per heavy atom. The molecule has 2 aliphatic rings. The molecule has 10 nitrogen and oxygen atoms in total. The summed E-state index contributed by atoms with van der Waals surface area (Å²) >= 11 is 0. The lowest BCUT2D eigenvalue weighted by Crippen LogP contribution is -2.79. The van der Waals surface area contributed by atoms with E-state index in [-0.39, 0.29) is 47.4 Å². The molecule has 0 spiro atoms. The van der Waals surface area contributed by atoms with Gasteiger partial charge in [0.05, 0.1) is 30.6 Å². The molecule has 0 aliphatic carbocycles. The van der Waals surface area contributed by atoms with Gasteiger partial charge in [-0.05, 0) is 33.3 Å². The molecule has 1 aromatic heterocycles. The van der Waals surface area contributed by atoms with Gasteiger partial charge >= 0.3 is 17.4 Å². The number of hydrogen-bond donors (Lipinski definition) is 2. The lowest BCUT2D eigenvalue weighted by Gasteiger charge is -2.17. The second kappa shape index (κ2) is 7.12. The molecule has 0 fully saturated rings. The molecule has 10 heteroatoms. The highest BCUT2D eigenvalue weighted by atomic mass is 16.5. The number of rotatable bonds is 4. The number of amides is 3. The first kappa shape index (κ1) is 20.2. The molecule has 0 unspecified atom stereocenters. The fourth-order valence-electron chi connectivity index (χ4n) is 3.21. The summed E-state index contributed by atoms with van der Waals surface area (Å²) in [4.78, 5) is 64.4. The van der Waals surface area contributed by atoms with Crippen LogP contribution in [0.4, 0.5) is 0 Å². The maximum atomic E-state index is 12.9. The van der Waals surface area contributed by atoms with Crippen LogP contribution >= 0.6 is 0 Å². The normalized spacial score (nSPS) is 17.6. The van der Waals surface area contributed by atoms with Gasteiger partial charge in [0.25, 0.3) is 17.4 Å². The van der Waals surface area contributed by atoms with E-state index >= 15 is 0 Å². The monoisotopic (exact) mass is 402 g/mol. The van der Waals surface area contributed by atoms with Crippen molar-refractivity contribution >= 4 is 23.6 Å². The summed E-state index contributed by atoms with van der Waals surface area (Å²) in [6.07, 6.45) is 0.0259. The van der Waals surface area contributed by atoms with Crippen LogP contribution in [0.2, 0.25) is 0 Å². The third kappa shape index (κ3) is 3.37. The summed E-state index contributed by atoms with van der Waals surface area (Å²) in [6.45, 7) is 5.36. The van der Waals surface area contributed by atoms with E-state index in [1.165, 1.54) is 20.8 Å². The third-order valence-electron chi connectivity index (χ3n) is 5.23. The van der Waals surface area contributed by atoms with Crippen molar-refractivity contribution in [2.75, 3.05) is 0 Å². The number of aromatic nitrogens is 1. The van der Waals surface area contributed by atoms with E-state index in [0.29, 0.717) is 5.57 Å². The SMILES string of the molecule is CC1=C(Cn2oc(=O)c(C)c(CN3C(=O)C(C)=C(C)C3=O)c2=O)C(O)=[NH+]C(=O)C1. The quantitative estimate of drug-likeness (QED) is 0.590. The fraction of sp³-hybridized carbons (Fsp3) is 0.368. The summed E-state index contributed by atoms with van der Waals surface area (Å²) in [5.74, 6) is -1.86. The molecule has 152 valence electrons. The Labute approximate surface area is 164 Å². The highest BCUT2D eigenvalue weighted by Gasteiger charge is 2.35. The predicted molar refractivity (Wildman–Crippen MR) is 98.8 cm³/mol. The molecule has 0 aromatic carbocycles. The topological polar surface area (TPSA) is 141 Å². The fourth-order valence-corrected chi connectivity index (χ4v) is 3.21. The summed E-state index contributed by atoms with van der Waals surface area (Å²) in [7, 11) is 0. The van der Waals surface area contributed by atoms with E-state index in [9.17, 15) is 29.1 Å². The van der Waals surface area contributed by atoms with Crippen LogP contribution in [0.1, 0.15) is 38.3 Å². The second-order valence-corrected chi connectivity index (χ2v) is 7.10. The summed E-state index contributed by atoms with van der Waals surface area (Å²) in [5, 5.41) is 10.0. The lowest BCUT2D eigenvalue weighted by atomic mass is 10.0. The zero-order chi connectivity index (χ0) is 21.6. The van der Waals surface area contributed by atoms with Crippen molar-refractivity contribution in [3.63, 3.8) is 0 Å². The number of carbonyl (C=O) groups excluding carboxylic acids is 3. The Balaban J connectivity index is 2.02. The van der Waals surface area contributed by atoms with E-state index in [0.717, 1.165) is 9.64 Å². The lowest BCUT2D eigenvalue weighted by molar-refractivity contribution is -0.387. The largest absolute Gasteiger partial charge is 0.460 e. The number of nitrogens with zero attached hydrogens (tertiary/aromatic N) is 2. The van der Waals surface area contributed by atoms with E-state index in [1.807, 2.05) is 0 Å². The summed E-state index contributed by atoms with van der Waals surface area (Å²) in [5.41, 5.74) is -0.251. The third-order valence-corrected chi connectivity index (χ3v) is 5.23. The van der Waals surface area contributed by atoms with E-state index < -0.39 is 34.8 Å². The maximum Gasteiger partial charge on any atom is 0.392 e. The smallest absolute Gasteiger partial charge is 0.392 e. The Bertz CT molecular complexity index is 1150. The molecule has 3 rings (SSSR count). The summed E-state index contributed by atoms with van der Waals surface area (Å²) in [6, 6.07) is 0. The molecular weight excluding hydrogens is 382 g/mol. The maximum absolute atomic E-state index is 12.9. The van der Waals surface area contributed by atoms with Crippen LogP contribution < -0.4 is 16.2 Å². The predicted octanol–water partition coefficient (Wildman–Crippen LogP) is -1.40. The van der Waals surface area contributed by atoms with Gasteiger partial charge < -0.3 is 9.63 Å². The molecule has 1 aromatic rings. The minimum absolute atomic E-state index is 0.00935. The molecule has 3 amide bonds. The van der Waals surface area contributed by atoms with Crippen molar-refractivity contribution < 1.29 is 29.0 Å². The Morgan fingerprint density at radius 2 is 1.55 bits per heavy atom. The molecule has 2 aliphatic heterocycles. The van der Waals surface area contributed by atoms with Crippen molar-refractivity contribution in [3.05, 3.63) is 54.2 Å². The minimum Gasteiger partial charge on any atom is -0.460 e. The minimum atomic E-state index is -0.808. The number of aliphatic hydroxyl groups excluding tert-OH is 1. The summed E-state index contributed by atoms with van der Waals surface area (Å²) < 4.78 is 5.79. The molecule has 0 atom stereocenters. The highest BCUT2D eigenvalue weighted by Crippen LogP contribution is 2.21. The van der Waals surface area contributed by atoms with Crippen LogP contribution in [-0.4, -0.2) is 38.4 Å². The van der Waals surface area contributed by atoms with Gasteiger partial charge in [-0.1, -0.05) is 0 Å². The van der Waals surface area contributed by atoms with Crippen LogP contribution in [-0.2, 0) is 27.5 Å². The molecule has 0 saturated carbocycles. The molecular formula is C19H20N3O7+. The Hall–Kier alpha value is -3.56. The van der Waals surface area contributed by atoms with Gasteiger partial charge in [0.2, 0.25) is 0 Å². The van der Waals surface area contributed by atoms with Crippen molar-refractivity contribution in [1.29, 1.82) is 0 Å². The van der Waals surface area contributed by atoms with Gasteiger partial charge in [-0.15, -0.1) is 4.99 Å². The van der Waals surface area contributed by atoms with E-state index in [2.05, 4.69) is 4.99 Å². The molecule has 2 N–H and O–H groups in total. The second-order valence-electron chi connectivity index (χ2n) is 7.10. The van der Waals surface area contributed by atoms with Crippen molar-refractivity contribution in [2.45, 2.75) is 47.2 Å². The van der Waals surface area contributed by atoms with Crippen LogP contribution in [0.25, 0.3) is 0 Å². The first-order valence-electron chi connectivity index (χ1n) is 8.85. The molecule has 3 heterocycles. The Morgan fingerprint density at radius 1 is 0.966 bits per heavy atom. The zero-order valence-electron chi connectivity index (χ0n) is 16.4. The number of carbonyl (C=O) groups is 3. The number of imide groups is 1. The van der Waals surface area contributed by atoms with Gasteiger partial charge in [-0.2, -0.15) is 4.74 Å². The molecule has 0 bridgehead atoms. The van der Waals surface area contributed by atoms with Crippen LogP contribution in [0.15, 0.2) is 36.4 Å². The van der Waals surface area contributed by atoms with Crippen molar-refractivity contribution in [2.24, 2.45) is 0 Å². The van der Waals surface area contributed by atoms with Gasteiger partial charge in [0, 0.05) is 16.7 Å². The van der Waals surface area contributed by atoms with Gasteiger partial charge in [-0.3, -0.25) is 19.3 Å². The standard InChI is InChI=1S/C19H19N3O7/c1-8-5-14(23)20-15(24)12(8)7-22-18(27)13(11(4)19(28)29-22)6-21-16(25)9(2)10(3)17(21)26/h5-7H2,1-4H3,(H,20,23,24)/p+1. The molecule has 0 saturated heterocycles. The Kier molecular flexibility index (Phi) is 4.95. The van der Waals surface area contributed by atoms with E-state index in [1.54, 1.807) is 6.92 Å². The van der Waals surface area contributed by atoms with Crippen molar-refractivity contribution in [1.82, 2.24) is 9.64 Å². The highest BCUT2D eigenvalue weighted by molar-refractivity contribution is 6.18. The first-order valence-corrected chi connectivity index (χ1v) is 8.85. The zero-order valence-corrected chi connectivity index (χ0v) is 16.4.